The molecule has 1 aromatic carbocycles. The minimum atomic E-state index is -0.296. The van der Waals surface area contributed by atoms with E-state index in [0.29, 0.717) is 30.7 Å². The topological polar surface area (TPSA) is 77.2 Å². The number of aromatic nitrogens is 4. The van der Waals surface area contributed by atoms with Crippen molar-refractivity contribution < 1.29 is 13.7 Å². The van der Waals surface area contributed by atoms with Crippen LogP contribution in [-0.2, 0) is 19.5 Å². The molecule has 4 rings (SSSR count). The SMILES string of the molecule is COc1ncnc2c1CN(Cc1nc(-c3ccc(F)cc3)no1)CC2. The molecule has 0 unspecified atom stereocenters. The number of methoxy groups -OCH3 is 1. The van der Waals surface area contributed by atoms with Crippen molar-refractivity contribution in [3.05, 3.63) is 53.6 Å². The van der Waals surface area contributed by atoms with Gasteiger partial charge in [0.25, 0.3) is 0 Å². The van der Waals surface area contributed by atoms with E-state index in [1.54, 1.807) is 19.2 Å². The standard InChI is InChI=1S/C17H16FN5O2/c1-24-17-13-8-23(7-6-14(13)19-10-20-17)9-15-21-16(22-25-15)11-2-4-12(18)5-3-11/h2-5,10H,6-9H2,1H3. The maximum Gasteiger partial charge on any atom is 0.241 e. The fraction of sp³-hybridized carbons (Fsp3) is 0.294. The van der Waals surface area contributed by atoms with E-state index in [2.05, 4.69) is 25.0 Å². The summed E-state index contributed by atoms with van der Waals surface area (Å²) in [6.07, 6.45) is 2.34. The molecule has 0 amide bonds. The second-order valence-corrected chi connectivity index (χ2v) is 5.79. The summed E-state index contributed by atoms with van der Waals surface area (Å²) in [5, 5.41) is 3.98. The van der Waals surface area contributed by atoms with Gasteiger partial charge in [-0.15, -0.1) is 0 Å². The number of ether oxygens (including phenoxy) is 1. The van der Waals surface area contributed by atoms with Crippen molar-refractivity contribution in [3.8, 4) is 17.3 Å². The van der Waals surface area contributed by atoms with Gasteiger partial charge in [-0.25, -0.2) is 14.4 Å². The largest absolute Gasteiger partial charge is 0.481 e. The first-order valence-electron chi connectivity index (χ1n) is 7.90. The molecule has 0 bridgehead atoms. The van der Waals surface area contributed by atoms with Crippen LogP contribution in [0.15, 0.2) is 35.1 Å². The molecule has 8 heteroatoms. The summed E-state index contributed by atoms with van der Waals surface area (Å²) in [6, 6.07) is 6.01. The third-order valence-electron chi connectivity index (χ3n) is 4.16. The number of nitrogens with zero attached hydrogens (tertiary/aromatic N) is 5. The Morgan fingerprint density at radius 1 is 1.24 bits per heavy atom. The van der Waals surface area contributed by atoms with Crippen molar-refractivity contribution in [2.24, 2.45) is 0 Å². The van der Waals surface area contributed by atoms with Gasteiger partial charge in [0.2, 0.25) is 17.6 Å². The van der Waals surface area contributed by atoms with Gasteiger partial charge >= 0.3 is 0 Å². The molecule has 0 aliphatic carbocycles. The van der Waals surface area contributed by atoms with Crippen LogP contribution in [0.3, 0.4) is 0 Å². The smallest absolute Gasteiger partial charge is 0.241 e. The van der Waals surface area contributed by atoms with Crippen molar-refractivity contribution >= 4 is 0 Å². The minimum Gasteiger partial charge on any atom is -0.481 e. The summed E-state index contributed by atoms with van der Waals surface area (Å²) in [6.45, 7) is 2.01. The molecule has 3 heterocycles. The van der Waals surface area contributed by atoms with Gasteiger partial charge in [-0.1, -0.05) is 5.16 Å². The molecule has 0 radical (unpaired) electrons. The van der Waals surface area contributed by atoms with Gasteiger partial charge in [0.05, 0.1) is 19.3 Å². The monoisotopic (exact) mass is 341 g/mol. The Morgan fingerprint density at radius 3 is 2.88 bits per heavy atom. The molecule has 0 N–H and O–H groups in total. The van der Waals surface area contributed by atoms with E-state index in [4.69, 9.17) is 9.26 Å². The van der Waals surface area contributed by atoms with Crippen LogP contribution in [0.5, 0.6) is 5.88 Å². The highest BCUT2D eigenvalue weighted by Gasteiger charge is 2.23. The van der Waals surface area contributed by atoms with Crippen LogP contribution in [0.2, 0.25) is 0 Å². The Bertz CT molecular complexity index is 867. The highest BCUT2D eigenvalue weighted by molar-refractivity contribution is 5.53. The number of hydrogen-bond donors (Lipinski definition) is 0. The van der Waals surface area contributed by atoms with Crippen molar-refractivity contribution in [1.29, 1.82) is 0 Å². The first-order valence-corrected chi connectivity index (χ1v) is 7.90. The fourth-order valence-electron chi connectivity index (χ4n) is 2.91. The lowest BCUT2D eigenvalue weighted by Crippen LogP contribution is -2.31. The van der Waals surface area contributed by atoms with Crippen molar-refractivity contribution in [1.82, 2.24) is 25.0 Å². The molecule has 0 saturated carbocycles. The lowest BCUT2D eigenvalue weighted by molar-refractivity contribution is 0.204. The summed E-state index contributed by atoms with van der Waals surface area (Å²) < 4.78 is 23.7. The molecule has 0 spiro atoms. The second-order valence-electron chi connectivity index (χ2n) is 5.79. The van der Waals surface area contributed by atoms with Crippen LogP contribution >= 0.6 is 0 Å². The van der Waals surface area contributed by atoms with E-state index >= 15 is 0 Å². The fourth-order valence-corrected chi connectivity index (χ4v) is 2.91. The molecule has 128 valence electrons. The zero-order valence-corrected chi connectivity index (χ0v) is 13.6. The third kappa shape index (κ3) is 3.20. The van der Waals surface area contributed by atoms with Crippen molar-refractivity contribution in [2.45, 2.75) is 19.5 Å². The van der Waals surface area contributed by atoms with Crippen LogP contribution in [0.25, 0.3) is 11.4 Å². The normalized spacial score (nSPS) is 14.3. The van der Waals surface area contributed by atoms with Crippen LogP contribution in [0, 0.1) is 5.82 Å². The summed E-state index contributed by atoms with van der Waals surface area (Å²) in [5.74, 6) is 1.27. The molecule has 0 fully saturated rings. The summed E-state index contributed by atoms with van der Waals surface area (Å²) in [7, 11) is 1.61. The van der Waals surface area contributed by atoms with Crippen LogP contribution in [0.1, 0.15) is 17.1 Å². The second kappa shape index (κ2) is 6.56. The molecule has 3 aromatic rings. The molecular weight excluding hydrogens is 325 g/mol. The lowest BCUT2D eigenvalue weighted by atomic mass is 10.1. The van der Waals surface area contributed by atoms with Gasteiger partial charge in [0.15, 0.2) is 0 Å². The molecule has 2 aromatic heterocycles. The highest BCUT2D eigenvalue weighted by atomic mass is 19.1. The number of halogens is 1. The first kappa shape index (κ1) is 15.6. The first-order chi connectivity index (χ1) is 12.2. The lowest BCUT2D eigenvalue weighted by Gasteiger charge is -2.27. The Hall–Kier alpha value is -2.87. The van der Waals surface area contributed by atoms with E-state index < -0.39 is 0 Å². The number of rotatable bonds is 4. The number of fused-ring (bicyclic) bond motifs is 1. The number of benzene rings is 1. The van der Waals surface area contributed by atoms with Crippen LogP contribution < -0.4 is 4.74 Å². The Labute approximate surface area is 143 Å². The Balaban J connectivity index is 1.49. The minimum absolute atomic E-state index is 0.296. The maximum absolute atomic E-state index is 13.0. The summed E-state index contributed by atoms with van der Waals surface area (Å²) in [5.41, 5.74) is 2.73. The highest BCUT2D eigenvalue weighted by Crippen LogP contribution is 2.25. The van der Waals surface area contributed by atoms with E-state index in [9.17, 15) is 4.39 Å². The third-order valence-corrected chi connectivity index (χ3v) is 4.16. The average molecular weight is 341 g/mol. The van der Waals surface area contributed by atoms with Crippen LogP contribution in [0.4, 0.5) is 4.39 Å². The van der Waals surface area contributed by atoms with Crippen molar-refractivity contribution in [2.75, 3.05) is 13.7 Å². The molecule has 0 atom stereocenters. The molecule has 0 saturated heterocycles. The quantitative estimate of drug-likeness (QED) is 0.720. The zero-order chi connectivity index (χ0) is 17.2. The van der Waals surface area contributed by atoms with E-state index in [-0.39, 0.29) is 5.82 Å². The van der Waals surface area contributed by atoms with E-state index in [1.807, 2.05) is 0 Å². The van der Waals surface area contributed by atoms with E-state index in [0.717, 1.165) is 29.8 Å². The van der Waals surface area contributed by atoms with Crippen LogP contribution in [-0.4, -0.2) is 38.7 Å². The molecule has 1 aliphatic rings. The summed E-state index contributed by atoms with van der Waals surface area (Å²) in [4.78, 5) is 15.1. The Morgan fingerprint density at radius 2 is 2.08 bits per heavy atom. The van der Waals surface area contributed by atoms with Gasteiger partial charge < -0.3 is 9.26 Å². The zero-order valence-electron chi connectivity index (χ0n) is 13.6. The van der Waals surface area contributed by atoms with Gasteiger partial charge in [-0.2, -0.15) is 4.98 Å². The average Bonchev–Trinajstić information content (AvgIpc) is 3.10. The maximum atomic E-state index is 13.0. The summed E-state index contributed by atoms with van der Waals surface area (Å²) >= 11 is 0. The van der Waals surface area contributed by atoms with Gasteiger partial charge in [-0.05, 0) is 24.3 Å². The van der Waals surface area contributed by atoms with Gasteiger partial charge in [0.1, 0.15) is 12.1 Å². The molecule has 1 aliphatic heterocycles. The molecular formula is C17H16FN5O2. The predicted molar refractivity (Wildman–Crippen MR) is 86.1 cm³/mol. The van der Waals surface area contributed by atoms with Crippen molar-refractivity contribution in [3.63, 3.8) is 0 Å². The Kier molecular flexibility index (Phi) is 4.10. The van der Waals surface area contributed by atoms with Gasteiger partial charge in [0, 0.05) is 30.6 Å². The predicted octanol–water partition coefficient (Wildman–Crippen LogP) is 2.23. The number of hydrogen-bond acceptors (Lipinski definition) is 7. The molecule has 25 heavy (non-hydrogen) atoms. The van der Waals surface area contributed by atoms with Gasteiger partial charge in [-0.3, -0.25) is 4.90 Å². The molecule has 7 nitrogen and oxygen atoms in total. The van der Waals surface area contributed by atoms with E-state index in [1.165, 1.54) is 18.5 Å².